The Hall–Kier alpha value is -0.750. The first kappa shape index (κ1) is 10.3. The molecule has 0 saturated carbocycles. The summed E-state index contributed by atoms with van der Waals surface area (Å²) in [6, 6.07) is 0.882. The van der Waals surface area contributed by atoms with E-state index in [0.717, 1.165) is 6.07 Å². The van der Waals surface area contributed by atoms with E-state index in [-0.39, 0.29) is 16.0 Å². The number of aromatic nitrogens is 1. The van der Waals surface area contributed by atoms with Crippen molar-refractivity contribution in [1.29, 1.82) is 0 Å². The molecule has 0 aliphatic carbocycles. The van der Waals surface area contributed by atoms with E-state index in [1.807, 2.05) is 0 Å². The Bertz CT molecular complexity index is 320. The Balaban J connectivity index is 3.25. The third kappa shape index (κ3) is 2.13. The summed E-state index contributed by atoms with van der Waals surface area (Å²) in [5.74, 6) is -0.368. The number of aliphatic hydroxyl groups excluding tert-OH is 1. The summed E-state index contributed by atoms with van der Waals surface area (Å²) >= 11 is 2.85. The minimum absolute atomic E-state index is 0.0425. The second-order valence-electron chi connectivity index (χ2n) is 2.29. The molecule has 0 aromatic carbocycles. The molecule has 0 unspecified atom stereocenters. The Kier molecular flexibility index (Phi) is 3.16. The minimum atomic E-state index is -2.76. The molecule has 1 aromatic rings. The van der Waals surface area contributed by atoms with Crippen LogP contribution in [0.5, 0.6) is 5.75 Å². The van der Waals surface area contributed by atoms with E-state index in [2.05, 4.69) is 20.9 Å². The van der Waals surface area contributed by atoms with Gasteiger partial charge in [-0.05, 0) is 22.0 Å². The monoisotopic (exact) mass is 253 g/mol. The highest BCUT2D eigenvalue weighted by atomic mass is 79.9. The van der Waals surface area contributed by atoms with Crippen molar-refractivity contribution in [2.75, 3.05) is 0 Å². The van der Waals surface area contributed by atoms with Gasteiger partial charge in [-0.2, -0.15) is 0 Å². The Morgan fingerprint density at radius 2 is 2.15 bits per heavy atom. The summed E-state index contributed by atoms with van der Waals surface area (Å²) in [5.41, 5.74) is -0.595. The second-order valence-corrected chi connectivity index (χ2v) is 3.04. The average molecular weight is 254 g/mol. The molecule has 0 saturated heterocycles. The first-order valence-electron chi connectivity index (χ1n) is 3.33. The van der Waals surface area contributed by atoms with Gasteiger partial charge in [0.2, 0.25) is 0 Å². The summed E-state index contributed by atoms with van der Waals surface area (Å²) in [7, 11) is 0. The third-order valence-corrected chi connectivity index (χ3v) is 2.04. The highest BCUT2D eigenvalue weighted by Gasteiger charge is 2.16. The van der Waals surface area contributed by atoms with Crippen molar-refractivity contribution in [3.63, 3.8) is 0 Å². The number of pyridine rings is 1. The maximum atomic E-state index is 12.2. The van der Waals surface area contributed by atoms with E-state index in [0.29, 0.717) is 0 Å². The van der Waals surface area contributed by atoms with Gasteiger partial charge in [0.1, 0.15) is 10.4 Å². The van der Waals surface area contributed by atoms with Gasteiger partial charge in [-0.1, -0.05) is 0 Å². The number of hydrogen-bond acceptors (Lipinski definition) is 3. The lowest BCUT2D eigenvalue weighted by molar-refractivity contribution is 0.145. The summed E-state index contributed by atoms with van der Waals surface area (Å²) < 4.78 is 24.5. The van der Waals surface area contributed by atoms with Gasteiger partial charge in [-0.25, -0.2) is 13.8 Å². The lowest BCUT2D eigenvalue weighted by atomic mass is 10.2. The second kappa shape index (κ2) is 3.97. The molecule has 0 spiro atoms. The molecule has 0 amide bonds. The van der Waals surface area contributed by atoms with Crippen LogP contribution >= 0.6 is 15.9 Å². The molecule has 0 fully saturated rings. The predicted octanol–water partition coefficient (Wildman–Crippen LogP) is 1.98. The summed E-state index contributed by atoms with van der Waals surface area (Å²) in [5, 5.41) is 17.7. The van der Waals surface area contributed by atoms with Crippen LogP contribution in [0.1, 0.15) is 17.7 Å². The number of nitrogens with zero attached hydrogens (tertiary/aromatic N) is 1. The Morgan fingerprint density at radius 1 is 1.54 bits per heavy atom. The Labute approximate surface area is 81.2 Å². The average Bonchev–Trinajstić information content (AvgIpc) is 2.08. The van der Waals surface area contributed by atoms with Crippen LogP contribution < -0.4 is 0 Å². The topological polar surface area (TPSA) is 53.4 Å². The number of rotatable bonds is 2. The maximum Gasteiger partial charge on any atom is 0.265 e. The zero-order valence-electron chi connectivity index (χ0n) is 6.34. The van der Waals surface area contributed by atoms with Gasteiger partial charge in [0.05, 0.1) is 12.3 Å². The fourth-order valence-electron chi connectivity index (χ4n) is 0.846. The molecule has 0 aliphatic heterocycles. The molecule has 13 heavy (non-hydrogen) atoms. The number of aromatic hydroxyl groups is 1. The molecule has 0 radical (unpaired) electrons. The van der Waals surface area contributed by atoms with Crippen LogP contribution in [0.4, 0.5) is 8.78 Å². The molecule has 72 valence electrons. The highest BCUT2D eigenvalue weighted by molar-refractivity contribution is 9.10. The van der Waals surface area contributed by atoms with Crippen LogP contribution in [0.15, 0.2) is 10.7 Å². The van der Waals surface area contributed by atoms with Crippen LogP contribution in [-0.4, -0.2) is 15.2 Å². The molecule has 0 aliphatic rings. The molecular formula is C7H6BrF2NO2. The van der Waals surface area contributed by atoms with Gasteiger partial charge in [0.25, 0.3) is 6.43 Å². The zero-order chi connectivity index (χ0) is 10.0. The van der Waals surface area contributed by atoms with E-state index < -0.39 is 18.6 Å². The van der Waals surface area contributed by atoms with Crippen molar-refractivity contribution in [3.05, 3.63) is 21.9 Å². The molecular weight excluding hydrogens is 248 g/mol. The van der Waals surface area contributed by atoms with Gasteiger partial charge in [-0.15, -0.1) is 0 Å². The van der Waals surface area contributed by atoms with Gasteiger partial charge in [-0.3, -0.25) is 0 Å². The fraction of sp³-hybridized carbons (Fsp3) is 0.286. The lowest BCUT2D eigenvalue weighted by Crippen LogP contribution is -1.98. The molecule has 0 bridgehead atoms. The standard InChI is InChI=1S/C7H6BrF2NO2/c8-6-5(13)1-3(7(9)10)4(2-12)11-6/h1,7,12-13H,2H2. The zero-order valence-corrected chi connectivity index (χ0v) is 7.92. The van der Waals surface area contributed by atoms with Crippen molar-refractivity contribution in [2.24, 2.45) is 0 Å². The largest absolute Gasteiger partial charge is 0.505 e. The lowest BCUT2D eigenvalue weighted by Gasteiger charge is -2.06. The molecule has 2 N–H and O–H groups in total. The van der Waals surface area contributed by atoms with Crippen molar-refractivity contribution >= 4 is 15.9 Å². The van der Waals surface area contributed by atoms with Crippen molar-refractivity contribution in [1.82, 2.24) is 4.98 Å². The van der Waals surface area contributed by atoms with Crippen LogP contribution in [0.3, 0.4) is 0 Å². The molecule has 6 heteroatoms. The maximum absolute atomic E-state index is 12.2. The van der Waals surface area contributed by atoms with E-state index in [1.54, 1.807) is 0 Å². The first-order chi connectivity index (χ1) is 6.06. The quantitative estimate of drug-likeness (QED) is 0.793. The van der Waals surface area contributed by atoms with E-state index in [1.165, 1.54) is 0 Å². The van der Waals surface area contributed by atoms with Gasteiger partial charge in [0, 0.05) is 5.56 Å². The van der Waals surface area contributed by atoms with Crippen molar-refractivity contribution in [2.45, 2.75) is 13.0 Å². The summed E-state index contributed by atoms with van der Waals surface area (Å²) in [6.07, 6.45) is -2.76. The van der Waals surface area contributed by atoms with Crippen LogP contribution in [-0.2, 0) is 6.61 Å². The SMILES string of the molecule is OCc1nc(Br)c(O)cc1C(F)F. The molecule has 1 aromatic heterocycles. The number of hydrogen-bond donors (Lipinski definition) is 2. The Morgan fingerprint density at radius 3 is 2.62 bits per heavy atom. The van der Waals surface area contributed by atoms with Crippen LogP contribution in [0.2, 0.25) is 0 Å². The summed E-state index contributed by atoms with van der Waals surface area (Å²) in [6.45, 7) is -0.585. The molecule has 1 rings (SSSR count). The van der Waals surface area contributed by atoms with Crippen LogP contribution in [0.25, 0.3) is 0 Å². The van der Waals surface area contributed by atoms with Crippen molar-refractivity contribution in [3.8, 4) is 5.75 Å². The van der Waals surface area contributed by atoms with E-state index in [4.69, 9.17) is 10.2 Å². The number of alkyl halides is 2. The van der Waals surface area contributed by atoms with Crippen LogP contribution in [0, 0.1) is 0 Å². The molecule has 0 atom stereocenters. The molecule has 3 nitrogen and oxygen atoms in total. The fourth-order valence-corrected chi connectivity index (χ4v) is 1.17. The predicted molar refractivity (Wildman–Crippen MR) is 44.5 cm³/mol. The minimum Gasteiger partial charge on any atom is -0.505 e. The number of aliphatic hydroxyl groups is 1. The van der Waals surface area contributed by atoms with Gasteiger partial charge in [0.15, 0.2) is 0 Å². The van der Waals surface area contributed by atoms with Crippen molar-refractivity contribution < 1.29 is 19.0 Å². The van der Waals surface area contributed by atoms with Gasteiger partial charge >= 0.3 is 0 Å². The van der Waals surface area contributed by atoms with E-state index >= 15 is 0 Å². The highest BCUT2D eigenvalue weighted by Crippen LogP contribution is 2.29. The molecule has 1 heterocycles. The normalized spacial score (nSPS) is 10.8. The first-order valence-corrected chi connectivity index (χ1v) is 4.13. The smallest absolute Gasteiger partial charge is 0.265 e. The van der Waals surface area contributed by atoms with E-state index in [9.17, 15) is 8.78 Å². The summed E-state index contributed by atoms with van der Waals surface area (Å²) in [4.78, 5) is 3.55. The number of halogens is 3. The third-order valence-electron chi connectivity index (χ3n) is 1.45. The van der Waals surface area contributed by atoms with Gasteiger partial charge < -0.3 is 10.2 Å².